The average Bonchev–Trinajstić information content (AvgIpc) is 2.66. The van der Waals surface area contributed by atoms with E-state index in [0.29, 0.717) is 19.6 Å². The van der Waals surface area contributed by atoms with Crippen molar-refractivity contribution in [1.29, 1.82) is 0 Å². The van der Waals surface area contributed by atoms with Gasteiger partial charge in [0.15, 0.2) is 5.03 Å². The summed E-state index contributed by atoms with van der Waals surface area (Å²) in [5, 5.41) is 2.93. The number of rotatable bonds is 6. The molecule has 0 amide bonds. The molecule has 1 aromatic heterocycles. The van der Waals surface area contributed by atoms with Crippen LogP contribution in [0.2, 0.25) is 0 Å². The van der Waals surface area contributed by atoms with Crippen molar-refractivity contribution in [3.05, 3.63) is 12.5 Å². The third-order valence-electron chi connectivity index (χ3n) is 1.92. The summed E-state index contributed by atoms with van der Waals surface area (Å²) in [6.45, 7) is 3.58. The molecule has 16 heavy (non-hydrogen) atoms. The van der Waals surface area contributed by atoms with E-state index in [2.05, 4.69) is 15.0 Å². The normalized spacial score (nSPS) is 11.1. The second-order valence-corrected chi connectivity index (χ2v) is 4.76. The summed E-state index contributed by atoms with van der Waals surface area (Å²) in [5.41, 5.74) is 0. The number of halogens is 1. The minimum Gasteiger partial charge on any atom is -0.336 e. The highest BCUT2D eigenvalue weighted by molar-refractivity contribution is 7.89. The van der Waals surface area contributed by atoms with E-state index in [4.69, 9.17) is 0 Å². The molecule has 0 aliphatic rings. The quantitative estimate of drug-likeness (QED) is 0.702. The summed E-state index contributed by atoms with van der Waals surface area (Å²) in [7, 11) is -1.68. The van der Waals surface area contributed by atoms with E-state index < -0.39 is 10.0 Å². The lowest BCUT2D eigenvalue weighted by atomic mass is 10.7. The first-order valence-corrected chi connectivity index (χ1v) is 6.24. The van der Waals surface area contributed by atoms with Crippen LogP contribution in [0, 0.1) is 0 Å². The topological polar surface area (TPSA) is 76.0 Å². The summed E-state index contributed by atoms with van der Waals surface area (Å²) < 4.78 is 27.4. The zero-order chi connectivity index (χ0) is 11.3. The molecule has 0 unspecified atom stereocenters. The van der Waals surface area contributed by atoms with Gasteiger partial charge < -0.3 is 9.88 Å². The molecule has 1 aromatic rings. The third-order valence-corrected chi connectivity index (χ3v) is 3.26. The van der Waals surface area contributed by atoms with Crippen molar-refractivity contribution >= 4 is 22.4 Å². The molecule has 8 heteroatoms. The van der Waals surface area contributed by atoms with Crippen molar-refractivity contribution in [2.45, 2.75) is 18.5 Å². The van der Waals surface area contributed by atoms with Crippen LogP contribution in [-0.2, 0) is 16.6 Å². The van der Waals surface area contributed by atoms with Gasteiger partial charge in [0.2, 0.25) is 0 Å². The fraction of sp³-hybridized carbons (Fsp3) is 0.625. The maximum absolute atomic E-state index is 11.6. The molecule has 0 saturated carbocycles. The molecule has 1 heterocycles. The number of likely N-dealkylation sites (N-methyl/N-ethyl adjacent to an activating group) is 1. The Bertz CT molecular complexity index is 404. The summed E-state index contributed by atoms with van der Waals surface area (Å²) in [6.07, 6.45) is 3.02. The van der Waals surface area contributed by atoms with Crippen LogP contribution >= 0.6 is 12.4 Å². The van der Waals surface area contributed by atoms with Crippen LogP contribution in [0.4, 0.5) is 0 Å². The number of hydrogen-bond acceptors (Lipinski definition) is 4. The fourth-order valence-electron chi connectivity index (χ4n) is 1.04. The van der Waals surface area contributed by atoms with E-state index in [0.717, 1.165) is 0 Å². The van der Waals surface area contributed by atoms with Gasteiger partial charge in [0.25, 0.3) is 10.0 Å². The van der Waals surface area contributed by atoms with Gasteiger partial charge in [-0.2, -0.15) is 0 Å². The monoisotopic (exact) mass is 268 g/mol. The van der Waals surface area contributed by atoms with Gasteiger partial charge >= 0.3 is 0 Å². The van der Waals surface area contributed by atoms with Crippen LogP contribution in [0.3, 0.4) is 0 Å². The lowest BCUT2D eigenvalue weighted by Crippen LogP contribution is -2.30. The van der Waals surface area contributed by atoms with E-state index in [1.807, 2.05) is 6.92 Å². The molecule has 1 rings (SSSR count). The van der Waals surface area contributed by atoms with E-state index in [1.54, 1.807) is 11.6 Å². The number of aryl methyl sites for hydroxylation is 1. The second kappa shape index (κ2) is 6.85. The maximum Gasteiger partial charge on any atom is 0.259 e. The average molecular weight is 269 g/mol. The van der Waals surface area contributed by atoms with Crippen LogP contribution in [-0.4, -0.2) is 38.1 Å². The zero-order valence-corrected chi connectivity index (χ0v) is 10.9. The second-order valence-electron chi connectivity index (χ2n) is 3.04. The summed E-state index contributed by atoms with van der Waals surface area (Å²) in [5.74, 6) is 0. The van der Waals surface area contributed by atoms with Crippen LogP contribution in [0.1, 0.15) is 6.92 Å². The molecule has 0 atom stereocenters. The van der Waals surface area contributed by atoms with Crippen molar-refractivity contribution in [3.63, 3.8) is 0 Å². The van der Waals surface area contributed by atoms with Gasteiger partial charge in [0.1, 0.15) is 0 Å². The van der Waals surface area contributed by atoms with E-state index in [9.17, 15) is 8.42 Å². The highest BCUT2D eigenvalue weighted by Crippen LogP contribution is 2.04. The molecule has 0 aliphatic carbocycles. The number of aromatic nitrogens is 2. The Hall–Kier alpha value is -0.630. The predicted octanol–water partition coefficient (Wildman–Crippen LogP) is -0.178. The first kappa shape index (κ1) is 15.4. The smallest absolute Gasteiger partial charge is 0.259 e. The van der Waals surface area contributed by atoms with Crippen LogP contribution < -0.4 is 10.0 Å². The van der Waals surface area contributed by atoms with Gasteiger partial charge in [0.05, 0.1) is 6.33 Å². The van der Waals surface area contributed by atoms with Crippen molar-refractivity contribution in [2.24, 2.45) is 0 Å². The van der Waals surface area contributed by atoms with Gasteiger partial charge in [-0.25, -0.2) is 18.1 Å². The Labute approximate surface area is 102 Å². The van der Waals surface area contributed by atoms with Crippen LogP contribution in [0.15, 0.2) is 17.6 Å². The lowest BCUT2D eigenvalue weighted by Gasteiger charge is -2.02. The standard InChI is InChI=1S/C8H16N4O2S.ClH/c1-3-12-6-8(10-7-12)15(13,14)11-5-4-9-2;/h6-7,9,11H,3-5H2,1-2H3;1H. The van der Waals surface area contributed by atoms with Crippen molar-refractivity contribution in [3.8, 4) is 0 Å². The lowest BCUT2D eigenvalue weighted by molar-refractivity contribution is 0.576. The number of sulfonamides is 1. The Morgan fingerprint density at radius 2 is 2.12 bits per heavy atom. The minimum absolute atomic E-state index is 0. The van der Waals surface area contributed by atoms with Crippen molar-refractivity contribution in [2.75, 3.05) is 20.1 Å². The van der Waals surface area contributed by atoms with Crippen molar-refractivity contribution in [1.82, 2.24) is 19.6 Å². The van der Waals surface area contributed by atoms with Gasteiger partial charge in [-0.1, -0.05) is 0 Å². The van der Waals surface area contributed by atoms with E-state index in [1.165, 1.54) is 12.5 Å². The molecule has 0 spiro atoms. The maximum atomic E-state index is 11.6. The minimum atomic E-state index is -3.44. The zero-order valence-electron chi connectivity index (χ0n) is 9.30. The third kappa shape index (κ3) is 4.09. The van der Waals surface area contributed by atoms with Crippen LogP contribution in [0.25, 0.3) is 0 Å². The summed E-state index contributed by atoms with van der Waals surface area (Å²) in [4.78, 5) is 3.83. The summed E-state index contributed by atoms with van der Waals surface area (Å²) in [6, 6.07) is 0. The fourth-order valence-corrected chi connectivity index (χ4v) is 2.01. The highest BCUT2D eigenvalue weighted by Gasteiger charge is 2.15. The van der Waals surface area contributed by atoms with Crippen molar-refractivity contribution < 1.29 is 8.42 Å². The van der Waals surface area contributed by atoms with Gasteiger partial charge in [-0.15, -0.1) is 12.4 Å². The largest absolute Gasteiger partial charge is 0.336 e. The number of imidazole rings is 1. The molecular weight excluding hydrogens is 252 g/mol. The van der Waals surface area contributed by atoms with E-state index >= 15 is 0 Å². The SMILES string of the molecule is CCn1cnc(S(=O)(=O)NCCNC)c1.Cl. The van der Waals surface area contributed by atoms with E-state index in [-0.39, 0.29) is 17.4 Å². The molecule has 0 bridgehead atoms. The Balaban J connectivity index is 0.00000225. The first-order valence-electron chi connectivity index (χ1n) is 4.76. The van der Waals surface area contributed by atoms with Crippen LogP contribution in [0.5, 0.6) is 0 Å². The Morgan fingerprint density at radius 1 is 1.44 bits per heavy atom. The molecule has 94 valence electrons. The molecule has 0 radical (unpaired) electrons. The highest BCUT2D eigenvalue weighted by atomic mass is 35.5. The number of nitrogens with one attached hydrogen (secondary N) is 2. The molecule has 0 saturated heterocycles. The molecule has 2 N–H and O–H groups in total. The van der Waals surface area contributed by atoms with Gasteiger partial charge in [0, 0.05) is 25.8 Å². The van der Waals surface area contributed by atoms with Gasteiger partial charge in [-0.05, 0) is 14.0 Å². The first-order chi connectivity index (χ1) is 7.10. The van der Waals surface area contributed by atoms with Gasteiger partial charge in [-0.3, -0.25) is 0 Å². The Kier molecular flexibility index (Phi) is 6.58. The molecule has 6 nitrogen and oxygen atoms in total. The predicted molar refractivity (Wildman–Crippen MR) is 64.3 cm³/mol. The molecule has 0 fully saturated rings. The molecular formula is C8H17ClN4O2S. The summed E-state index contributed by atoms with van der Waals surface area (Å²) >= 11 is 0. The number of nitrogens with zero attached hydrogens (tertiary/aromatic N) is 2. The Morgan fingerprint density at radius 3 is 2.62 bits per heavy atom. The molecule has 0 aliphatic heterocycles. The molecule has 0 aromatic carbocycles. The number of hydrogen-bond donors (Lipinski definition) is 2.